The van der Waals surface area contributed by atoms with Crippen molar-refractivity contribution in [1.29, 1.82) is 5.26 Å². The first kappa shape index (κ1) is 16.6. The maximum Gasteiger partial charge on any atom is 0.340 e. The fourth-order valence-electron chi connectivity index (χ4n) is 2.79. The molecule has 0 amide bonds. The van der Waals surface area contributed by atoms with Gasteiger partial charge in [0.25, 0.3) is 0 Å². The van der Waals surface area contributed by atoms with Gasteiger partial charge in [-0.15, -0.1) is 0 Å². The van der Waals surface area contributed by atoms with Crippen LogP contribution in [0.4, 0.5) is 0 Å². The van der Waals surface area contributed by atoms with Gasteiger partial charge < -0.3 is 13.9 Å². The molecule has 0 saturated heterocycles. The van der Waals surface area contributed by atoms with Crippen LogP contribution >= 0.6 is 0 Å². The zero-order valence-corrected chi connectivity index (χ0v) is 13.9. The van der Waals surface area contributed by atoms with E-state index in [9.17, 15) is 4.79 Å². The number of para-hydroxylation sites is 1. The van der Waals surface area contributed by atoms with Gasteiger partial charge in [0.05, 0.1) is 29.4 Å². The normalized spacial score (nSPS) is 11.0. The molecule has 3 aromatic rings. The number of pyridine rings is 1. The standard InChI is InChI=1S/C20H18N2O3/c1-2-3-6-12-25-20(23)19-16-7-4-5-8-17(16)22-14-15(24-13-11-21)9-10-18(19)22/h2-5,7-10,14H,6,12-13H2,1H3/b3-2+. The molecule has 2 heterocycles. The SMILES string of the molecule is C/C=C/CCOC(=O)c1c2ccccc2n2cc(OCC#N)ccc12. The quantitative estimate of drug-likeness (QED) is 0.386. The van der Waals surface area contributed by atoms with Gasteiger partial charge in [-0.1, -0.05) is 30.4 Å². The second-order valence-electron chi connectivity index (χ2n) is 5.45. The van der Waals surface area contributed by atoms with E-state index in [0.29, 0.717) is 24.3 Å². The summed E-state index contributed by atoms with van der Waals surface area (Å²) in [6.07, 6.45) is 6.37. The molecule has 0 aliphatic heterocycles. The monoisotopic (exact) mass is 334 g/mol. The van der Waals surface area contributed by atoms with Crippen LogP contribution in [0.1, 0.15) is 23.7 Å². The summed E-state index contributed by atoms with van der Waals surface area (Å²) < 4.78 is 12.7. The molecule has 0 unspecified atom stereocenters. The number of hydrogen-bond acceptors (Lipinski definition) is 4. The lowest BCUT2D eigenvalue weighted by molar-refractivity contribution is 0.0516. The van der Waals surface area contributed by atoms with E-state index < -0.39 is 0 Å². The maximum absolute atomic E-state index is 12.6. The number of rotatable bonds is 6. The Balaban J connectivity index is 2.04. The Morgan fingerprint density at radius 3 is 2.88 bits per heavy atom. The number of esters is 1. The first-order chi connectivity index (χ1) is 12.3. The number of hydrogen-bond donors (Lipinski definition) is 0. The summed E-state index contributed by atoms with van der Waals surface area (Å²) >= 11 is 0. The average molecular weight is 334 g/mol. The summed E-state index contributed by atoms with van der Waals surface area (Å²) in [5.41, 5.74) is 2.18. The zero-order chi connectivity index (χ0) is 17.6. The van der Waals surface area contributed by atoms with Crippen molar-refractivity contribution >= 4 is 22.4 Å². The predicted molar refractivity (Wildman–Crippen MR) is 95.7 cm³/mol. The van der Waals surface area contributed by atoms with Gasteiger partial charge in [0, 0.05) is 5.39 Å². The van der Waals surface area contributed by atoms with Crippen molar-refractivity contribution in [2.45, 2.75) is 13.3 Å². The van der Waals surface area contributed by atoms with Crippen molar-refractivity contribution in [3.63, 3.8) is 0 Å². The number of benzene rings is 1. The summed E-state index contributed by atoms with van der Waals surface area (Å²) in [4.78, 5) is 12.6. The van der Waals surface area contributed by atoms with Gasteiger partial charge in [0.15, 0.2) is 6.61 Å². The van der Waals surface area contributed by atoms with Crippen LogP contribution in [0.25, 0.3) is 16.4 Å². The van der Waals surface area contributed by atoms with E-state index in [1.54, 1.807) is 12.3 Å². The van der Waals surface area contributed by atoms with Crippen molar-refractivity contribution in [3.05, 3.63) is 60.3 Å². The molecule has 0 spiro atoms. The highest BCUT2D eigenvalue weighted by Crippen LogP contribution is 2.29. The molecule has 0 radical (unpaired) electrons. The van der Waals surface area contributed by atoms with E-state index in [1.165, 1.54) is 0 Å². The second-order valence-corrected chi connectivity index (χ2v) is 5.45. The number of carbonyl (C=O) groups excluding carboxylic acids is 1. The zero-order valence-electron chi connectivity index (χ0n) is 13.9. The molecule has 3 rings (SSSR count). The summed E-state index contributed by atoms with van der Waals surface area (Å²) in [6.45, 7) is 2.26. The minimum Gasteiger partial charge on any atom is -0.477 e. The number of carbonyl (C=O) groups is 1. The first-order valence-corrected chi connectivity index (χ1v) is 8.07. The highest BCUT2D eigenvalue weighted by Gasteiger charge is 2.19. The lowest BCUT2D eigenvalue weighted by atomic mass is 10.1. The van der Waals surface area contributed by atoms with Crippen molar-refractivity contribution in [1.82, 2.24) is 4.40 Å². The Bertz CT molecular complexity index is 980. The molecule has 5 heteroatoms. The van der Waals surface area contributed by atoms with Gasteiger partial charge in [-0.2, -0.15) is 5.26 Å². The molecule has 0 saturated carbocycles. The highest BCUT2D eigenvalue weighted by atomic mass is 16.5. The van der Waals surface area contributed by atoms with Crippen molar-refractivity contribution in [2.75, 3.05) is 13.2 Å². The van der Waals surface area contributed by atoms with Crippen LogP contribution in [0, 0.1) is 11.3 Å². The summed E-state index contributed by atoms with van der Waals surface area (Å²) in [5, 5.41) is 9.49. The van der Waals surface area contributed by atoms with Crippen LogP contribution in [0.15, 0.2) is 54.7 Å². The smallest absolute Gasteiger partial charge is 0.340 e. The first-order valence-electron chi connectivity index (χ1n) is 8.07. The lowest BCUT2D eigenvalue weighted by Crippen LogP contribution is -2.06. The largest absolute Gasteiger partial charge is 0.477 e. The third kappa shape index (κ3) is 3.33. The fraction of sp³-hybridized carbons (Fsp3) is 0.200. The molecule has 2 aromatic heterocycles. The van der Waals surface area contributed by atoms with Crippen LogP contribution in [-0.2, 0) is 4.74 Å². The summed E-state index contributed by atoms with van der Waals surface area (Å²) in [7, 11) is 0. The minimum atomic E-state index is -0.339. The van der Waals surface area contributed by atoms with E-state index in [-0.39, 0.29) is 12.6 Å². The number of nitrogens with zero attached hydrogens (tertiary/aromatic N) is 2. The van der Waals surface area contributed by atoms with E-state index in [1.807, 2.05) is 59.9 Å². The van der Waals surface area contributed by atoms with Crippen molar-refractivity contribution < 1.29 is 14.3 Å². The summed E-state index contributed by atoms with van der Waals surface area (Å²) in [6, 6.07) is 13.2. The number of aromatic nitrogens is 1. The molecule has 0 fully saturated rings. The molecule has 5 nitrogen and oxygen atoms in total. The molecule has 25 heavy (non-hydrogen) atoms. The van der Waals surface area contributed by atoms with Gasteiger partial charge in [-0.05, 0) is 31.5 Å². The molecule has 0 atom stereocenters. The highest BCUT2D eigenvalue weighted by molar-refractivity contribution is 6.11. The number of allylic oxidation sites excluding steroid dienone is 1. The van der Waals surface area contributed by atoms with E-state index >= 15 is 0 Å². The van der Waals surface area contributed by atoms with Crippen LogP contribution in [0.5, 0.6) is 5.75 Å². The molecular formula is C20H18N2O3. The van der Waals surface area contributed by atoms with Crippen LogP contribution < -0.4 is 4.74 Å². The lowest BCUT2D eigenvalue weighted by Gasteiger charge is -2.05. The van der Waals surface area contributed by atoms with Gasteiger partial charge in [0.1, 0.15) is 11.8 Å². The fourth-order valence-corrected chi connectivity index (χ4v) is 2.79. The predicted octanol–water partition coefficient (Wildman–Crippen LogP) is 4.12. The van der Waals surface area contributed by atoms with Crippen LogP contribution in [-0.4, -0.2) is 23.6 Å². The van der Waals surface area contributed by atoms with E-state index in [2.05, 4.69) is 0 Å². The van der Waals surface area contributed by atoms with Gasteiger partial charge >= 0.3 is 5.97 Å². The van der Waals surface area contributed by atoms with Gasteiger partial charge in [-0.25, -0.2) is 4.79 Å². The van der Waals surface area contributed by atoms with E-state index in [0.717, 1.165) is 16.4 Å². The maximum atomic E-state index is 12.6. The van der Waals surface area contributed by atoms with Gasteiger partial charge in [-0.3, -0.25) is 0 Å². The van der Waals surface area contributed by atoms with Gasteiger partial charge in [0.2, 0.25) is 0 Å². The Hall–Kier alpha value is -3.26. The Morgan fingerprint density at radius 2 is 2.08 bits per heavy atom. The topological polar surface area (TPSA) is 63.7 Å². The molecule has 0 aliphatic rings. The molecule has 0 aliphatic carbocycles. The van der Waals surface area contributed by atoms with E-state index in [4.69, 9.17) is 14.7 Å². The van der Waals surface area contributed by atoms with Crippen molar-refractivity contribution in [3.8, 4) is 11.8 Å². The summed E-state index contributed by atoms with van der Waals surface area (Å²) in [5.74, 6) is 0.233. The Kier molecular flexibility index (Phi) is 5.00. The Morgan fingerprint density at radius 1 is 1.24 bits per heavy atom. The number of nitriles is 1. The van der Waals surface area contributed by atoms with Crippen LogP contribution in [0.2, 0.25) is 0 Å². The van der Waals surface area contributed by atoms with Crippen molar-refractivity contribution in [2.24, 2.45) is 0 Å². The molecule has 0 N–H and O–H groups in total. The molecular weight excluding hydrogens is 316 g/mol. The third-order valence-corrected chi connectivity index (χ3v) is 3.87. The average Bonchev–Trinajstić information content (AvgIpc) is 2.97. The molecule has 126 valence electrons. The second kappa shape index (κ2) is 7.54. The number of ether oxygens (including phenoxy) is 2. The molecule has 0 bridgehead atoms. The minimum absolute atomic E-state index is 0.0233. The molecule has 1 aromatic carbocycles. The third-order valence-electron chi connectivity index (χ3n) is 3.87. The van der Waals surface area contributed by atoms with Crippen LogP contribution in [0.3, 0.4) is 0 Å². The Labute approximate surface area is 145 Å². The number of fused-ring (bicyclic) bond motifs is 3.